The zero-order valence-corrected chi connectivity index (χ0v) is 12.0. The summed E-state index contributed by atoms with van der Waals surface area (Å²) in [4.78, 5) is 38.7. The van der Waals surface area contributed by atoms with Crippen molar-refractivity contribution in [3.8, 4) is 0 Å². The number of nitrogens with zero attached hydrogens (tertiary/aromatic N) is 3. The molecule has 3 amide bonds. The van der Waals surface area contributed by atoms with Gasteiger partial charge in [0.1, 0.15) is 6.04 Å². The van der Waals surface area contributed by atoms with Crippen LogP contribution in [-0.4, -0.2) is 83.8 Å². The van der Waals surface area contributed by atoms with Gasteiger partial charge in [-0.15, -0.1) is 0 Å². The van der Waals surface area contributed by atoms with Gasteiger partial charge < -0.3 is 24.5 Å². The Bertz CT molecular complexity index is 379. The van der Waals surface area contributed by atoms with Crippen LogP contribution >= 0.6 is 0 Å². The Hall–Kier alpha value is -1.99. The molecule has 1 heterocycles. The highest BCUT2D eigenvalue weighted by Crippen LogP contribution is 2.08. The second-order valence-corrected chi connectivity index (χ2v) is 4.58. The first-order valence-electron chi connectivity index (χ1n) is 6.54. The van der Waals surface area contributed by atoms with Crippen molar-refractivity contribution in [2.24, 2.45) is 0 Å². The van der Waals surface area contributed by atoms with Gasteiger partial charge >= 0.3 is 18.1 Å². The molecule has 1 atom stereocenters. The van der Waals surface area contributed by atoms with Crippen LogP contribution in [0.3, 0.4) is 0 Å². The standard InChI is InChI=1S/C12H21N3O5/c1-4-20-12(19)15-7-5-14(6-8-15)11(18)13(3)9(2)10(16)17/h9H,4-8H2,1-3H3,(H,16,17). The van der Waals surface area contributed by atoms with E-state index in [-0.39, 0.29) is 12.1 Å². The van der Waals surface area contributed by atoms with Gasteiger partial charge in [0.25, 0.3) is 0 Å². The third kappa shape index (κ3) is 3.75. The Morgan fingerprint density at radius 2 is 1.70 bits per heavy atom. The summed E-state index contributed by atoms with van der Waals surface area (Å²) in [5, 5.41) is 8.89. The first kappa shape index (κ1) is 16.1. The van der Waals surface area contributed by atoms with E-state index >= 15 is 0 Å². The molecule has 1 fully saturated rings. The van der Waals surface area contributed by atoms with Gasteiger partial charge in [0.05, 0.1) is 6.61 Å². The average Bonchev–Trinajstić information content (AvgIpc) is 2.45. The van der Waals surface area contributed by atoms with E-state index in [1.54, 1.807) is 6.92 Å². The van der Waals surface area contributed by atoms with Crippen molar-refractivity contribution < 1.29 is 24.2 Å². The number of hydrogen-bond donors (Lipinski definition) is 1. The van der Waals surface area contributed by atoms with E-state index in [1.807, 2.05) is 0 Å². The summed E-state index contributed by atoms with van der Waals surface area (Å²) >= 11 is 0. The van der Waals surface area contributed by atoms with Crippen LogP contribution in [0.5, 0.6) is 0 Å². The largest absolute Gasteiger partial charge is 0.480 e. The summed E-state index contributed by atoms with van der Waals surface area (Å²) in [7, 11) is 1.46. The molecule has 1 aliphatic rings. The first-order valence-corrected chi connectivity index (χ1v) is 6.54. The molecule has 1 unspecified atom stereocenters. The van der Waals surface area contributed by atoms with E-state index in [0.29, 0.717) is 32.8 Å². The molecule has 0 aromatic heterocycles. The molecule has 0 radical (unpaired) electrons. The summed E-state index contributed by atoms with van der Waals surface area (Å²) in [5.74, 6) is -1.05. The van der Waals surface area contributed by atoms with Crippen molar-refractivity contribution in [1.82, 2.24) is 14.7 Å². The Morgan fingerprint density at radius 1 is 1.20 bits per heavy atom. The number of ether oxygens (including phenoxy) is 1. The Kier molecular flexibility index (Phi) is 5.60. The lowest BCUT2D eigenvalue weighted by atomic mass is 10.3. The molecule has 0 aromatic rings. The Balaban J connectivity index is 2.50. The zero-order valence-electron chi connectivity index (χ0n) is 12.0. The van der Waals surface area contributed by atoms with E-state index in [4.69, 9.17) is 9.84 Å². The van der Waals surface area contributed by atoms with Gasteiger partial charge in [0.15, 0.2) is 0 Å². The number of hydrogen-bond acceptors (Lipinski definition) is 4. The van der Waals surface area contributed by atoms with E-state index in [0.717, 1.165) is 0 Å². The van der Waals surface area contributed by atoms with Crippen LogP contribution in [0.2, 0.25) is 0 Å². The third-order valence-corrected chi connectivity index (χ3v) is 3.32. The normalized spacial score (nSPS) is 16.6. The molecule has 114 valence electrons. The predicted octanol–water partition coefficient (Wildman–Crippen LogP) is 0.285. The number of aliphatic carboxylic acids is 1. The lowest BCUT2D eigenvalue weighted by Crippen LogP contribution is -2.55. The second-order valence-electron chi connectivity index (χ2n) is 4.58. The van der Waals surface area contributed by atoms with Crippen LogP contribution in [0.4, 0.5) is 9.59 Å². The summed E-state index contributed by atoms with van der Waals surface area (Å²) in [6.45, 7) is 5.02. The number of urea groups is 1. The molecule has 0 aliphatic carbocycles. The van der Waals surface area contributed by atoms with Crippen molar-refractivity contribution in [3.05, 3.63) is 0 Å². The van der Waals surface area contributed by atoms with E-state index < -0.39 is 12.0 Å². The Labute approximate surface area is 117 Å². The number of likely N-dealkylation sites (N-methyl/N-ethyl adjacent to an activating group) is 1. The predicted molar refractivity (Wildman–Crippen MR) is 70.4 cm³/mol. The minimum absolute atomic E-state index is 0.316. The van der Waals surface area contributed by atoms with Gasteiger partial charge in [0, 0.05) is 33.2 Å². The molecule has 0 spiro atoms. The lowest BCUT2D eigenvalue weighted by molar-refractivity contribution is -0.141. The number of carboxylic acid groups (broad SMARTS) is 1. The maximum absolute atomic E-state index is 12.1. The molecule has 8 heteroatoms. The molecule has 0 bridgehead atoms. The van der Waals surface area contributed by atoms with Crippen molar-refractivity contribution in [3.63, 3.8) is 0 Å². The van der Waals surface area contributed by atoms with Gasteiger partial charge in [-0.05, 0) is 13.8 Å². The molecular weight excluding hydrogens is 266 g/mol. The Morgan fingerprint density at radius 3 is 2.15 bits per heavy atom. The van der Waals surface area contributed by atoms with Crippen LogP contribution in [-0.2, 0) is 9.53 Å². The average molecular weight is 287 g/mol. The third-order valence-electron chi connectivity index (χ3n) is 3.32. The maximum atomic E-state index is 12.1. The summed E-state index contributed by atoms with van der Waals surface area (Å²) in [6, 6.07) is -1.23. The van der Waals surface area contributed by atoms with Crippen LogP contribution in [0.1, 0.15) is 13.8 Å². The van der Waals surface area contributed by atoms with Gasteiger partial charge in [-0.25, -0.2) is 14.4 Å². The topological polar surface area (TPSA) is 90.4 Å². The van der Waals surface area contributed by atoms with Crippen molar-refractivity contribution >= 4 is 18.1 Å². The number of carbonyl (C=O) groups is 3. The zero-order chi connectivity index (χ0) is 15.3. The lowest BCUT2D eigenvalue weighted by Gasteiger charge is -2.36. The van der Waals surface area contributed by atoms with Crippen LogP contribution in [0.15, 0.2) is 0 Å². The molecule has 1 saturated heterocycles. The minimum atomic E-state index is -1.05. The molecule has 1 N–H and O–H groups in total. The fraction of sp³-hybridized carbons (Fsp3) is 0.750. The van der Waals surface area contributed by atoms with Crippen molar-refractivity contribution in [1.29, 1.82) is 0 Å². The van der Waals surface area contributed by atoms with Crippen LogP contribution in [0, 0.1) is 0 Å². The fourth-order valence-corrected chi connectivity index (χ4v) is 1.85. The highest BCUT2D eigenvalue weighted by molar-refractivity contribution is 5.82. The maximum Gasteiger partial charge on any atom is 0.409 e. The summed E-state index contributed by atoms with van der Waals surface area (Å²) < 4.78 is 4.89. The van der Waals surface area contributed by atoms with Gasteiger partial charge in [0.2, 0.25) is 0 Å². The van der Waals surface area contributed by atoms with E-state index in [9.17, 15) is 14.4 Å². The molecular formula is C12H21N3O5. The van der Waals surface area contributed by atoms with Crippen molar-refractivity contribution in [2.45, 2.75) is 19.9 Å². The van der Waals surface area contributed by atoms with Crippen LogP contribution in [0.25, 0.3) is 0 Å². The number of amides is 3. The highest BCUT2D eigenvalue weighted by Gasteiger charge is 2.29. The second kappa shape index (κ2) is 6.97. The smallest absolute Gasteiger partial charge is 0.409 e. The fourth-order valence-electron chi connectivity index (χ4n) is 1.85. The highest BCUT2D eigenvalue weighted by atomic mass is 16.6. The monoisotopic (exact) mass is 287 g/mol. The molecule has 20 heavy (non-hydrogen) atoms. The number of piperazine rings is 1. The van der Waals surface area contributed by atoms with Crippen molar-refractivity contribution in [2.75, 3.05) is 39.8 Å². The number of carboxylic acids is 1. The number of rotatable bonds is 3. The molecule has 1 rings (SSSR count). The van der Waals surface area contributed by atoms with E-state index in [2.05, 4.69) is 0 Å². The minimum Gasteiger partial charge on any atom is -0.480 e. The summed E-state index contributed by atoms with van der Waals surface area (Å²) in [6.07, 6.45) is -0.383. The van der Waals surface area contributed by atoms with Gasteiger partial charge in [-0.1, -0.05) is 0 Å². The number of carbonyl (C=O) groups excluding carboxylic acids is 2. The molecule has 8 nitrogen and oxygen atoms in total. The quantitative estimate of drug-likeness (QED) is 0.805. The SMILES string of the molecule is CCOC(=O)N1CCN(C(=O)N(C)C(C)C(=O)O)CC1. The van der Waals surface area contributed by atoms with E-state index in [1.165, 1.54) is 28.7 Å². The first-order chi connectivity index (χ1) is 9.38. The van der Waals surface area contributed by atoms with Gasteiger partial charge in [-0.3, -0.25) is 0 Å². The van der Waals surface area contributed by atoms with Gasteiger partial charge in [-0.2, -0.15) is 0 Å². The summed E-state index contributed by atoms with van der Waals surface area (Å²) in [5.41, 5.74) is 0. The molecule has 0 saturated carbocycles. The molecule has 1 aliphatic heterocycles. The molecule has 0 aromatic carbocycles. The van der Waals surface area contributed by atoms with Crippen LogP contribution < -0.4 is 0 Å².